The number of carbonyl (C=O) groups is 2. The van der Waals surface area contributed by atoms with Crippen LogP contribution in [0.1, 0.15) is 38.3 Å². The van der Waals surface area contributed by atoms with Gasteiger partial charge in [0.05, 0.1) is 18.2 Å². The number of anilines is 1. The number of piperidine rings is 1. The highest BCUT2D eigenvalue weighted by Gasteiger charge is 2.46. The number of carbonyl (C=O) groups excluding carboxylic acids is 1. The van der Waals surface area contributed by atoms with Gasteiger partial charge in [0.2, 0.25) is 0 Å². The van der Waals surface area contributed by atoms with Crippen molar-refractivity contribution in [3.05, 3.63) is 41.2 Å². The number of hydrogen-bond acceptors (Lipinski definition) is 6. The smallest absolute Gasteiger partial charge is 0.411 e. The lowest BCUT2D eigenvalue weighted by Gasteiger charge is -2.42. The molecule has 0 radical (unpaired) electrons. The van der Waals surface area contributed by atoms with Crippen LogP contribution < -0.4 is 10.1 Å². The second kappa shape index (κ2) is 13.1. The summed E-state index contributed by atoms with van der Waals surface area (Å²) in [4.78, 5) is 27.3. The van der Waals surface area contributed by atoms with Crippen LogP contribution in [0.3, 0.4) is 0 Å². The summed E-state index contributed by atoms with van der Waals surface area (Å²) in [6, 6.07) is 5.66. The third-order valence-corrected chi connectivity index (χ3v) is 6.83. The molecular formula is C25H30ClF5N4O5. The molecule has 15 heteroatoms. The molecule has 2 N–H and O–H groups in total. The van der Waals surface area contributed by atoms with Gasteiger partial charge in [0.1, 0.15) is 12.1 Å². The van der Waals surface area contributed by atoms with E-state index < -0.39 is 49.3 Å². The molecule has 2 aromatic rings. The lowest BCUT2D eigenvalue weighted by atomic mass is 9.85. The minimum Gasteiger partial charge on any atom is -0.481 e. The van der Waals surface area contributed by atoms with Gasteiger partial charge in [-0.25, -0.2) is 0 Å². The SMILES string of the molecule is CC(C)c1ccnn1C1(C(=O)Nc2ccc(Cl)cc2OC(F)F)CCN(CC(COCC(F)(F)F)C(=O)O)CC1. The number of likely N-dealkylation sites (tertiary alicyclic amines) is 1. The Kier molecular flexibility index (Phi) is 10.4. The first-order valence-corrected chi connectivity index (χ1v) is 12.8. The van der Waals surface area contributed by atoms with Crippen LogP contribution in [-0.2, 0) is 19.9 Å². The summed E-state index contributed by atoms with van der Waals surface area (Å²) >= 11 is 5.92. The van der Waals surface area contributed by atoms with E-state index >= 15 is 0 Å². The molecule has 0 saturated carbocycles. The summed E-state index contributed by atoms with van der Waals surface area (Å²) in [7, 11) is 0. The Morgan fingerprint density at radius 1 is 1.20 bits per heavy atom. The molecule has 2 heterocycles. The van der Waals surface area contributed by atoms with Crippen molar-refractivity contribution in [2.24, 2.45) is 5.92 Å². The molecule has 1 aromatic heterocycles. The number of halogens is 6. The second-order valence-corrected chi connectivity index (χ2v) is 10.2. The van der Waals surface area contributed by atoms with Gasteiger partial charge in [-0.1, -0.05) is 25.4 Å². The monoisotopic (exact) mass is 596 g/mol. The standard InChI is InChI=1S/C25H30ClF5N4O5/c1-15(2)19-5-8-32-35(19)24(22(38)33-18-4-3-17(26)11-20(18)40-23(27)28)6-9-34(10-7-24)12-16(21(36)37)13-39-14-25(29,30)31/h3-5,8,11,15-16,23H,6-7,9-10,12-14H2,1-2H3,(H,33,38)(H,36,37). The van der Waals surface area contributed by atoms with Crippen molar-refractivity contribution in [3.8, 4) is 5.75 Å². The number of nitrogens with one attached hydrogen (secondary N) is 1. The number of carboxylic acid groups (broad SMARTS) is 1. The van der Waals surface area contributed by atoms with E-state index in [9.17, 15) is 36.6 Å². The van der Waals surface area contributed by atoms with E-state index in [1.54, 1.807) is 21.8 Å². The van der Waals surface area contributed by atoms with Crippen molar-refractivity contribution in [2.45, 2.75) is 50.9 Å². The van der Waals surface area contributed by atoms with Gasteiger partial charge in [-0.15, -0.1) is 0 Å². The lowest BCUT2D eigenvalue weighted by Crippen LogP contribution is -2.55. The molecule has 1 fully saturated rings. The van der Waals surface area contributed by atoms with E-state index in [1.165, 1.54) is 12.1 Å². The number of benzene rings is 1. The van der Waals surface area contributed by atoms with E-state index in [4.69, 9.17) is 11.6 Å². The van der Waals surface area contributed by atoms with Gasteiger partial charge in [0, 0.05) is 42.6 Å². The van der Waals surface area contributed by atoms with Crippen LogP contribution in [0.15, 0.2) is 30.5 Å². The predicted octanol–water partition coefficient (Wildman–Crippen LogP) is 4.97. The Bertz CT molecular complexity index is 1170. The van der Waals surface area contributed by atoms with Crippen LogP contribution in [0, 0.1) is 5.92 Å². The second-order valence-electron chi connectivity index (χ2n) is 9.79. The van der Waals surface area contributed by atoms with E-state index in [2.05, 4.69) is 19.9 Å². The predicted molar refractivity (Wildman–Crippen MR) is 135 cm³/mol. The summed E-state index contributed by atoms with van der Waals surface area (Å²) in [5.41, 5.74) is -0.567. The molecule has 1 aromatic carbocycles. The minimum absolute atomic E-state index is 0.0255. The van der Waals surface area contributed by atoms with Gasteiger partial charge in [0.15, 0.2) is 5.75 Å². The average molecular weight is 597 g/mol. The number of ether oxygens (including phenoxy) is 2. The van der Waals surface area contributed by atoms with Gasteiger partial charge < -0.3 is 24.8 Å². The molecule has 40 heavy (non-hydrogen) atoms. The van der Waals surface area contributed by atoms with Crippen molar-refractivity contribution in [2.75, 3.05) is 38.2 Å². The fraction of sp³-hybridized carbons (Fsp3) is 0.560. The summed E-state index contributed by atoms with van der Waals surface area (Å²) in [6.45, 7) is -1.20. The first-order valence-electron chi connectivity index (χ1n) is 12.4. The minimum atomic E-state index is -4.58. The summed E-state index contributed by atoms with van der Waals surface area (Å²) in [5, 5.41) is 16.7. The van der Waals surface area contributed by atoms with E-state index in [0.717, 1.165) is 11.8 Å². The number of aliphatic carboxylic acids is 1. The summed E-state index contributed by atoms with van der Waals surface area (Å²) in [6.07, 6.45) is -2.74. The molecule has 9 nitrogen and oxygen atoms in total. The van der Waals surface area contributed by atoms with Crippen LogP contribution in [0.5, 0.6) is 5.75 Å². The first-order chi connectivity index (χ1) is 18.7. The van der Waals surface area contributed by atoms with E-state index in [0.29, 0.717) is 0 Å². The zero-order chi connectivity index (χ0) is 29.7. The van der Waals surface area contributed by atoms with Crippen LogP contribution in [-0.4, -0.2) is 77.3 Å². The molecule has 0 aliphatic carbocycles. The highest BCUT2D eigenvalue weighted by atomic mass is 35.5. The van der Waals surface area contributed by atoms with Crippen LogP contribution in [0.2, 0.25) is 5.02 Å². The van der Waals surface area contributed by atoms with Gasteiger partial charge in [0.25, 0.3) is 5.91 Å². The van der Waals surface area contributed by atoms with Crippen LogP contribution in [0.25, 0.3) is 0 Å². The number of alkyl halides is 5. The van der Waals surface area contributed by atoms with Crippen molar-refractivity contribution in [1.82, 2.24) is 14.7 Å². The Hall–Kier alpha value is -2.97. The molecule has 1 amide bonds. The molecule has 222 valence electrons. The number of hydrogen-bond donors (Lipinski definition) is 2. The molecule has 1 unspecified atom stereocenters. The maximum atomic E-state index is 13.9. The van der Waals surface area contributed by atoms with E-state index in [1.807, 2.05) is 13.8 Å². The van der Waals surface area contributed by atoms with Gasteiger partial charge in [-0.05, 0) is 37.0 Å². The first kappa shape index (κ1) is 31.6. The molecule has 1 atom stereocenters. The molecule has 1 saturated heterocycles. The molecule has 1 aliphatic rings. The van der Waals surface area contributed by atoms with Crippen molar-refractivity contribution in [1.29, 1.82) is 0 Å². The number of nitrogens with zero attached hydrogens (tertiary/aromatic N) is 3. The highest BCUT2D eigenvalue weighted by Crippen LogP contribution is 2.37. The average Bonchev–Trinajstić information content (AvgIpc) is 3.35. The number of carboxylic acids is 1. The zero-order valence-electron chi connectivity index (χ0n) is 21.8. The van der Waals surface area contributed by atoms with Crippen molar-refractivity contribution >= 4 is 29.2 Å². The Balaban J connectivity index is 1.83. The van der Waals surface area contributed by atoms with Crippen LogP contribution >= 0.6 is 11.6 Å². The third kappa shape index (κ3) is 8.04. The van der Waals surface area contributed by atoms with Gasteiger partial charge >= 0.3 is 18.8 Å². The number of aromatic nitrogens is 2. The molecule has 1 aliphatic heterocycles. The maximum Gasteiger partial charge on any atom is 0.411 e. The quantitative estimate of drug-likeness (QED) is 0.333. The van der Waals surface area contributed by atoms with Crippen molar-refractivity contribution < 1.29 is 46.1 Å². The Morgan fingerprint density at radius 3 is 2.45 bits per heavy atom. The summed E-state index contributed by atoms with van der Waals surface area (Å²) < 4.78 is 74.0. The maximum absolute atomic E-state index is 13.9. The molecular weight excluding hydrogens is 567 g/mol. The Labute approximate surface area is 232 Å². The van der Waals surface area contributed by atoms with E-state index in [-0.39, 0.29) is 54.9 Å². The molecule has 0 spiro atoms. The van der Waals surface area contributed by atoms with Gasteiger partial charge in [-0.3, -0.25) is 14.3 Å². The zero-order valence-corrected chi connectivity index (χ0v) is 22.5. The topological polar surface area (TPSA) is 106 Å². The third-order valence-electron chi connectivity index (χ3n) is 6.60. The lowest BCUT2D eigenvalue weighted by molar-refractivity contribution is -0.180. The largest absolute Gasteiger partial charge is 0.481 e. The molecule has 0 bridgehead atoms. The number of amides is 1. The molecule has 3 rings (SSSR count). The fourth-order valence-corrected chi connectivity index (χ4v) is 4.77. The van der Waals surface area contributed by atoms with Crippen molar-refractivity contribution in [3.63, 3.8) is 0 Å². The normalized spacial score (nSPS) is 16.8. The number of rotatable bonds is 12. The van der Waals surface area contributed by atoms with Crippen LogP contribution in [0.4, 0.5) is 27.6 Å². The fourth-order valence-electron chi connectivity index (χ4n) is 4.61. The summed E-state index contributed by atoms with van der Waals surface area (Å²) in [5.74, 6) is -3.43. The Morgan fingerprint density at radius 2 is 1.88 bits per heavy atom. The highest BCUT2D eigenvalue weighted by molar-refractivity contribution is 6.30. The van der Waals surface area contributed by atoms with Gasteiger partial charge in [-0.2, -0.15) is 27.1 Å².